The van der Waals surface area contributed by atoms with Crippen LogP contribution < -0.4 is 0 Å². The molecular formula is C9H5Cl3O2. The van der Waals surface area contributed by atoms with Crippen molar-refractivity contribution < 1.29 is 9.90 Å². The van der Waals surface area contributed by atoms with E-state index in [2.05, 4.69) is 0 Å². The Morgan fingerprint density at radius 1 is 1.14 bits per heavy atom. The van der Waals surface area contributed by atoms with Crippen LogP contribution >= 0.6 is 34.8 Å². The van der Waals surface area contributed by atoms with Gasteiger partial charge in [0.1, 0.15) is 0 Å². The fraction of sp³-hybridized carbons (Fsp3) is 0. The number of carboxylic acid groups (broad SMARTS) is 1. The van der Waals surface area contributed by atoms with Gasteiger partial charge >= 0.3 is 5.97 Å². The lowest BCUT2D eigenvalue weighted by Gasteiger charge is -2.00. The highest BCUT2D eigenvalue weighted by molar-refractivity contribution is 6.43. The van der Waals surface area contributed by atoms with Crippen molar-refractivity contribution >= 4 is 46.8 Å². The molecule has 74 valence electrons. The fourth-order valence-corrected chi connectivity index (χ4v) is 1.45. The van der Waals surface area contributed by atoms with Crippen molar-refractivity contribution in [1.82, 2.24) is 0 Å². The van der Waals surface area contributed by atoms with Crippen LogP contribution in [-0.4, -0.2) is 11.1 Å². The highest BCUT2D eigenvalue weighted by atomic mass is 35.5. The number of aliphatic carboxylic acids is 1. The number of rotatable bonds is 2. The molecule has 1 rings (SSSR count). The summed E-state index contributed by atoms with van der Waals surface area (Å²) < 4.78 is 0. The number of carbonyl (C=O) groups is 1. The highest BCUT2D eigenvalue weighted by Gasteiger charge is 2.03. The summed E-state index contributed by atoms with van der Waals surface area (Å²) in [6.45, 7) is 0. The molecule has 0 radical (unpaired) electrons. The van der Waals surface area contributed by atoms with Crippen LogP contribution in [0.1, 0.15) is 5.56 Å². The number of carboxylic acids is 1. The third kappa shape index (κ3) is 2.91. The average molecular weight is 251 g/mol. The first-order valence-corrected chi connectivity index (χ1v) is 4.69. The van der Waals surface area contributed by atoms with Crippen molar-refractivity contribution in [3.05, 3.63) is 38.8 Å². The van der Waals surface area contributed by atoms with Gasteiger partial charge in [-0.1, -0.05) is 34.8 Å². The Bertz CT molecular complexity index is 399. The van der Waals surface area contributed by atoms with Gasteiger partial charge in [0.2, 0.25) is 0 Å². The molecule has 1 N–H and O–H groups in total. The van der Waals surface area contributed by atoms with E-state index >= 15 is 0 Å². The summed E-state index contributed by atoms with van der Waals surface area (Å²) in [4.78, 5) is 10.2. The number of hydrogen-bond acceptors (Lipinski definition) is 1. The van der Waals surface area contributed by atoms with E-state index in [4.69, 9.17) is 39.9 Å². The van der Waals surface area contributed by atoms with Crippen molar-refractivity contribution in [3.63, 3.8) is 0 Å². The van der Waals surface area contributed by atoms with Crippen LogP contribution in [0.5, 0.6) is 0 Å². The van der Waals surface area contributed by atoms with Crippen LogP contribution in [-0.2, 0) is 4.79 Å². The molecule has 0 spiro atoms. The lowest BCUT2D eigenvalue weighted by Crippen LogP contribution is -1.86. The summed E-state index contributed by atoms with van der Waals surface area (Å²) in [7, 11) is 0. The largest absolute Gasteiger partial charge is 0.478 e. The molecule has 1 aromatic rings. The first kappa shape index (κ1) is 11.4. The van der Waals surface area contributed by atoms with Crippen LogP contribution in [0.3, 0.4) is 0 Å². The van der Waals surface area contributed by atoms with E-state index < -0.39 is 5.97 Å². The van der Waals surface area contributed by atoms with Crippen LogP contribution in [0, 0.1) is 0 Å². The quantitative estimate of drug-likeness (QED) is 0.642. The minimum absolute atomic E-state index is 0.334. The van der Waals surface area contributed by atoms with Crippen LogP contribution in [0.4, 0.5) is 0 Å². The van der Waals surface area contributed by atoms with Gasteiger partial charge in [-0.2, -0.15) is 0 Å². The molecule has 0 amide bonds. The van der Waals surface area contributed by atoms with Gasteiger partial charge in [0, 0.05) is 11.1 Å². The van der Waals surface area contributed by atoms with Crippen LogP contribution in [0.25, 0.3) is 6.08 Å². The van der Waals surface area contributed by atoms with E-state index in [9.17, 15) is 4.79 Å². The van der Waals surface area contributed by atoms with E-state index in [1.807, 2.05) is 0 Å². The van der Waals surface area contributed by atoms with Crippen LogP contribution in [0.15, 0.2) is 18.2 Å². The molecule has 0 saturated heterocycles. The van der Waals surface area contributed by atoms with Gasteiger partial charge in [0.05, 0.1) is 10.0 Å². The molecule has 0 aliphatic rings. The Kier molecular flexibility index (Phi) is 3.81. The summed E-state index contributed by atoms with van der Waals surface area (Å²) in [5.41, 5.74) is 0.517. The molecular weight excluding hydrogens is 246 g/mol. The zero-order valence-electron chi connectivity index (χ0n) is 6.80. The Morgan fingerprint density at radius 3 is 2.29 bits per heavy atom. The van der Waals surface area contributed by atoms with E-state index in [1.165, 1.54) is 18.2 Å². The molecule has 2 nitrogen and oxygen atoms in total. The normalized spacial score (nSPS) is 10.8. The highest BCUT2D eigenvalue weighted by Crippen LogP contribution is 2.29. The molecule has 0 aromatic heterocycles. The predicted molar refractivity (Wildman–Crippen MR) is 58.1 cm³/mol. The van der Waals surface area contributed by atoms with Gasteiger partial charge in [0.25, 0.3) is 0 Å². The topological polar surface area (TPSA) is 37.3 Å². The fourth-order valence-electron chi connectivity index (χ4n) is 0.827. The van der Waals surface area contributed by atoms with E-state index in [0.29, 0.717) is 20.6 Å². The molecule has 0 bridgehead atoms. The number of benzene rings is 1. The molecule has 0 fully saturated rings. The number of halogens is 3. The van der Waals surface area contributed by atoms with Gasteiger partial charge in [-0.3, -0.25) is 0 Å². The monoisotopic (exact) mass is 250 g/mol. The average Bonchev–Trinajstić information content (AvgIpc) is 2.09. The first-order valence-electron chi connectivity index (χ1n) is 3.56. The van der Waals surface area contributed by atoms with Crippen LogP contribution in [0.2, 0.25) is 15.1 Å². The molecule has 0 atom stereocenters. The zero-order valence-corrected chi connectivity index (χ0v) is 9.07. The summed E-state index contributed by atoms with van der Waals surface area (Å²) in [6, 6.07) is 2.97. The SMILES string of the molecule is O=C(O)/C=C/c1cc(Cl)c(Cl)cc1Cl. The molecule has 0 aliphatic carbocycles. The molecule has 0 unspecified atom stereocenters. The lowest BCUT2D eigenvalue weighted by atomic mass is 10.2. The second-order valence-corrected chi connectivity index (χ2v) is 3.68. The van der Waals surface area contributed by atoms with Gasteiger partial charge < -0.3 is 5.11 Å². The Hall–Kier alpha value is -0.700. The van der Waals surface area contributed by atoms with E-state index in [1.54, 1.807) is 0 Å². The molecule has 0 aliphatic heterocycles. The molecule has 0 saturated carbocycles. The van der Waals surface area contributed by atoms with Crippen molar-refractivity contribution in [2.24, 2.45) is 0 Å². The Morgan fingerprint density at radius 2 is 1.71 bits per heavy atom. The number of hydrogen-bond donors (Lipinski definition) is 1. The third-order valence-corrected chi connectivity index (χ3v) is 2.49. The Labute approximate surface area is 95.7 Å². The summed E-state index contributed by atoms with van der Waals surface area (Å²) in [5, 5.41) is 9.43. The first-order chi connectivity index (χ1) is 6.50. The predicted octanol–water partition coefficient (Wildman–Crippen LogP) is 3.74. The van der Waals surface area contributed by atoms with E-state index in [-0.39, 0.29) is 0 Å². The molecule has 5 heteroatoms. The second-order valence-electron chi connectivity index (χ2n) is 2.46. The standard InChI is InChI=1S/C9H5Cl3O2/c10-6-4-8(12)7(11)3-5(6)1-2-9(13)14/h1-4H,(H,13,14)/b2-1+. The van der Waals surface area contributed by atoms with Crippen molar-refractivity contribution in [3.8, 4) is 0 Å². The van der Waals surface area contributed by atoms with E-state index in [0.717, 1.165) is 6.08 Å². The summed E-state index contributed by atoms with van der Waals surface area (Å²) in [6.07, 6.45) is 2.33. The molecule has 14 heavy (non-hydrogen) atoms. The van der Waals surface area contributed by atoms with Crippen molar-refractivity contribution in [1.29, 1.82) is 0 Å². The summed E-state index contributed by atoms with van der Waals surface area (Å²) in [5.74, 6) is -1.05. The van der Waals surface area contributed by atoms with Crippen molar-refractivity contribution in [2.45, 2.75) is 0 Å². The minimum atomic E-state index is -1.05. The van der Waals surface area contributed by atoms with Gasteiger partial charge in [-0.25, -0.2) is 4.79 Å². The zero-order chi connectivity index (χ0) is 10.7. The summed E-state index contributed by atoms with van der Waals surface area (Å²) >= 11 is 17.2. The van der Waals surface area contributed by atoms with Gasteiger partial charge in [-0.15, -0.1) is 0 Å². The van der Waals surface area contributed by atoms with Gasteiger partial charge in [-0.05, 0) is 23.8 Å². The van der Waals surface area contributed by atoms with Gasteiger partial charge in [0.15, 0.2) is 0 Å². The maximum atomic E-state index is 10.2. The molecule has 0 heterocycles. The molecule has 1 aromatic carbocycles. The maximum absolute atomic E-state index is 10.2. The lowest BCUT2D eigenvalue weighted by molar-refractivity contribution is -0.131. The maximum Gasteiger partial charge on any atom is 0.328 e. The van der Waals surface area contributed by atoms with Crippen molar-refractivity contribution in [2.75, 3.05) is 0 Å². The smallest absolute Gasteiger partial charge is 0.328 e. The minimum Gasteiger partial charge on any atom is -0.478 e. The Balaban J connectivity index is 3.10. The third-order valence-electron chi connectivity index (χ3n) is 1.45. The second kappa shape index (κ2) is 4.69.